The van der Waals surface area contributed by atoms with Crippen LogP contribution in [0.15, 0.2) is 9.59 Å². The van der Waals surface area contributed by atoms with Gasteiger partial charge in [-0.25, -0.2) is 9.78 Å². The molecule has 2 aromatic rings. The molecule has 6 rings (SSSR count). The SMILES string of the molecule is O=c1c2[nH]c(C(C3CC3)C3CC3)nc2n(CC2CC2)c(=O)n1CC1CC1. The predicted octanol–water partition coefficient (Wildman–Crippen LogP) is 2.61. The van der Waals surface area contributed by atoms with Crippen molar-refractivity contribution in [1.82, 2.24) is 19.1 Å². The number of hydrogen-bond donors (Lipinski definition) is 1. The van der Waals surface area contributed by atoms with Gasteiger partial charge in [0.1, 0.15) is 11.3 Å². The van der Waals surface area contributed by atoms with E-state index in [1.165, 1.54) is 43.1 Å². The molecule has 0 radical (unpaired) electrons. The molecule has 0 aromatic carbocycles. The molecule has 4 saturated carbocycles. The van der Waals surface area contributed by atoms with Crippen LogP contribution in [0.5, 0.6) is 0 Å². The highest BCUT2D eigenvalue weighted by molar-refractivity contribution is 5.70. The lowest BCUT2D eigenvalue weighted by Crippen LogP contribution is -2.41. The highest BCUT2D eigenvalue weighted by Crippen LogP contribution is 2.53. The summed E-state index contributed by atoms with van der Waals surface area (Å²) in [4.78, 5) is 34.4. The Hall–Kier alpha value is -1.85. The van der Waals surface area contributed by atoms with Crippen molar-refractivity contribution in [2.24, 2.45) is 23.7 Å². The van der Waals surface area contributed by atoms with Gasteiger partial charge >= 0.3 is 5.69 Å². The third kappa shape index (κ3) is 2.57. The van der Waals surface area contributed by atoms with Crippen LogP contribution in [0.25, 0.3) is 11.2 Å². The summed E-state index contributed by atoms with van der Waals surface area (Å²) >= 11 is 0. The number of aromatic amines is 1. The normalized spacial score (nSPS) is 23.3. The Bertz CT molecular complexity index is 972. The van der Waals surface area contributed by atoms with E-state index in [1.807, 2.05) is 0 Å². The fourth-order valence-corrected chi connectivity index (χ4v) is 4.53. The Kier molecular flexibility index (Phi) is 3.12. The van der Waals surface area contributed by atoms with E-state index in [4.69, 9.17) is 4.98 Å². The van der Waals surface area contributed by atoms with E-state index in [0.29, 0.717) is 42.0 Å². The van der Waals surface area contributed by atoms with Crippen LogP contribution in [0, 0.1) is 23.7 Å². The van der Waals surface area contributed by atoms with E-state index in [0.717, 1.165) is 30.5 Å². The summed E-state index contributed by atoms with van der Waals surface area (Å²) < 4.78 is 3.28. The zero-order valence-corrected chi connectivity index (χ0v) is 15.1. The average Bonchev–Trinajstić information content (AvgIpc) is 3.44. The molecule has 0 aliphatic heterocycles. The Labute approximate surface area is 151 Å². The number of nitrogens with one attached hydrogen (secondary N) is 1. The first-order valence-electron chi connectivity index (χ1n) is 10.4. The molecule has 0 saturated heterocycles. The van der Waals surface area contributed by atoms with Crippen molar-refractivity contribution in [3.8, 4) is 0 Å². The maximum atomic E-state index is 13.1. The van der Waals surface area contributed by atoms with Gasteiger partial charge in [0.2, 0.25) is 0 Å². The van der Waals surface area contributed by atoms with Crippen LogP contribution in [0.3, 0.4) is 0 Å². The maximum Gasteiger partial charge on any atom is 0.332 e. The summed E-state index contributed by atoms with van der Waals surface area (Å²) in [5.41, 5.74) is 0.870. The van der Waals surface area contributed by atoms with Gasteiger partial charge in [-0.1, -0.05) is 0 Å². The molecular formula is C20H26N4O2. The van der Waals surface area contributed by atoms with E-state index in [1.54, 1.807) is 4.57 Å². The smallest absolute Gasteiger partial charge is 0.332 e. The molecule has 6 nitrogen and oxygen atoms in total. The summed E-state index contributed by atoms with van der Waals surface area (Å²) in [6, 6.07) is 0. The number of hydrogen-bond acceptors (Lipinski definition) is 3. The molecule has 0 atom stereocenters. The minimum Gasteiger partial charge on any atom is -0.336 e. The van der Waals surface area contributed by atoms with Gasteiger partial charge in [-0.05, 0) is 75.0 Å². The van der Waals surface area contributed by atoms with Crippen LogP contribution in [0.2, 0.25) is 0 Å². The minimum atomic E-state index is -0.159. The van der Waals surface area contributed by atoms with E-state index < -0.39 is 0 Å². The summed E-state index contributed by atoms with van der Waals surface area (Å²) in [6.07, 6.45) is 9.73. The fourth-order valence-electron chi connectivity index (χ4n) is 4.53. The third-order valence-corrected chi connectivity index (χ3v) is 6.73. The van der Waals surface area contributed by atoms with E-state index in [-0.39, 0.29) is 11.2 Å². The van der Waals surface area contributed by atoms with Gasteiger partial charge in [0.15, 0.2) is 5.65 Å². The molecule has 4 fully saturated rings. The Morgan fingerprint density at radius 2 is 1.46 bits per heavy atom. The van der Waals surface area contributed by atoms with E-state index >= 15 is 0 Å². The molecule has 26 heavy (non-hydrogen) atoms. The zero-order chi connectivity index (χ0) is 17.4. The van der Waals surface area contributed by atoms with Crippen molar-refractivity contribution in [3.63, 3.8) is 0 Å². The molecule has 4 aliphatic rings. The number of imidazole rings is 1. The molecule has 0 spiro atoms. The molecule has 6 heteroatoms. The molecule has 1 N–H and O–H groups in total. The first kappa shape index (κ1) is 15.2. The fraction of sp³-hybridized carbons (Fsp3) is 0.750. The van der Waals surface area contributed by atoms with Crippen molar-refractivity contribution in [2.45, 2.75) is 70.4 Å². The topological polar surface area (TPSA) is 72.7 Å². The zero-order valence-electron chi connectivity index (χ0n) is 15.1. The minimum absolute atomic E-state index is 0.145. The molecule has 0 bridgehead atoms. The van der Waals surface area contributed by atoms with Gasteiger partial charge in [0.25, 0.3) is 5.56 Å². The molecule has 2 aromatic heterocycles. The standard InChI is InChI=1S/C20H26N4O2/c25-19-16-18(22-17(21-16)15(13-5-6-13)14-7-8-14)23(9-11-1-2-11)20(26)24(19)10-12-3-4-12/h11-15H,1-10H2,(H,21,22). The van der Waals surface area contributed by atoms with Crippen LogP contribution >= 0.6 is 0 Å². The quantitative estimate of drug-likeness (QED) is 0.831. The second-order valence-corrected chi connectivity index (χ2v) is 9.22. The van der Waals surface area contributed by atoms with Gasteiger partial charge < -0.3 is 4.98 Å². The van der Waals surface area contributed by atoms with Crippen LogP contribution in [-0.4, -0.2) is 19.1 Å². The lowest BCUT2D eigenvalue weighted by atomic mass is 9.97. The van der Waals surface area contributed by atoms with Gasteiger partial charge in [-0.2, -0.15) is 0 Å². The Morgan fingerprint density at radius 1 is 0.885 bits per heavy atom. The average molecular weight is 354 g/mol. The molecule has 138 valence electrons. The molecular weight excluding hydrogens is 328 g/mol. The number of nitrogens with zero attached hydrogens (tertiary/aromatic N) is 3. The van der Waals surface area contributed by atoms with Crippen molar-refractivity contribution in [1.29, 1.82) is 0 Å². The maximum absolute atomic E-state index is 13.1. The molecule has 0 unspecified atom stereocenters. The Morgan fingerprint density at radius 3 is 2.00 bits per heavy atom. The van der Waals surface area contributed by atoms with Crippen molar-refractivity contribution in [2.75, 3.05) is 0 Å². The first-order valence-corrected chi connectivity index (χ1v) is 10.4. The van der Waals surface area contributed by atoms with Crippen molar-refractivity contribution < 1.29 is 0 Å². The van der Waals surface area contributed by atoms with Crippen molar-refractivity contribution in [3.05, 3.63) is 26.7 Å². The van der Waals surface area contributed by atoms with Gasteiger partial charge in [0.05, 0.1) is 0 Å². The number of H-pyrrole nitrogens is 1. The van der Waals surface area contributed by atoms with Crippen LogP contribution in [-0.2, 0) is 13.1 Å². The van der Waals surface area contributed by atoms with Crippen molar-refractivity contribution >= 4 is 11.2 Å². The second kappa shape index (κ2) is 5.33. The predicted molar refractivity (Wildman–Crippen MR) is 98.3 cm³/mol. The largest absolute Gasteiger partial charge is 0.336 e. The number of rotatable bonds is 7. The number of fused-ring (bicyclic) bond motifs is 1. The van der Waals surface area contributed by atoms with E-state index in [9.17, 15) is 9.59 Å². The van der Waals surface area contributed by atoms with Crippen LogP contribution in [0.4, 0.5) is 0 Å². The Balaban J connectivity index is 1.52. The second-order valence-electron chi connectivity index (χ2n) is 9.22. The molecule has 0 amide bonds. The summed E-state index contributed by atoms with van der Waals surface area (Å²) in [5, 5.41) is 0. The summed E-state index contributed by atoms with van der Waals surface area (Å²) in [6.45, 7) is 1.28. The highest BCUT2D eigenvalue weighted by atomic mass is 16.2. The van der Waals surface area contributed by atoms with Gasteiger partial charge in [-0.15, -0.1) is 0 Å². The lowest BCUT2D eigenvalue weighted by Gasteiger charge is -2.11. The summed E-state index contributed by atoms with van der Waals surface area (Å²) in [7, 11) is 0. The summed E-state index contributed by atoms with van der Waals surface area (Å²) in [5.74, 6) is 3.95. The van der Waals surface area contributed by atoms with Crippen LogP contribution in [0.1, 0.15) is 63.1 Å². The molecule has 4 aliphatic carbocycles. The van der Waals surface area contributed by atoms with Gasteiger partial charge in [-0.3, -0.25) is 13.9 Å². The highest BCUT2D eigenvalue weighted by Gasteiger charge is 2.44. The van der Waals surface area contributed by atoms with E-state index in [2.05, 4.69) is 4.98 Å². The third-order valence-electron chi connectivity index (χ3n) is 6.73. The molecule has 2 heterocycles. The number of aromatic nitrogens is 4. The monoisotopic (exact) mass is 354 g/mol. The van der Waals surface area contributed by atoms with Crippen LogP contribution < -0.4 is 11.2 Å². The lowest BCUT2D eigenvalue weighted by molar-refractivity contribution is 0.511. The first-order chi connectivity index (χ1) is 12.7. The van der Waals surface area contributed by atoms with Gasteiger partial charge in [0, 0.05) is 19.0 Å².